The van der Waals surface area contributed by atoms with Gasteiger partial charge >= 0.3 is 0 Å². The minimum absolute atomic E-state index is 0.0333. The van der Waals surface area contributed by atoms with Crippen molar-refractivity contribution in [1.82, 2.24) is 5.32 Å². The van der Waals surface area contributed by atoms with E-state index in [0.717, 1.165) is 29.9 Å². The number of carbonyl (C=O) groups is 1. The van der Waals surface area contributed by atoms with Crippen LogP contribution in [0.25, 0.3) is 0 Å². The topological polar surface area (TPSA) is 67.8 Å². The normalized spacial score (nSPS) is 17.6. The van der Waals surface area contributed by atoms with Crippen molar-refractivity contribution >= 4 is 5.91 Å². The molecule has 1 atom stereocenters. The van der Waals surface area contributed by atoms with Crippen LogP contribution in [-0.2, 0) is 4.79 Å². The molecule has 0 aliphatic carbocycles. The van der Waals surface area contributed by atoms with Crippen LogP contribution >= 0.6 is 0 Å². The summed E-state index contributed by atoms with van der Waals surface area (Å²) in [5.41, 5.74) is 0.958. The molecular weight excluding hydrogens is 258 g/mol. The first-order valence-corrected chi connectivity index (χ1v) is 6.95. The average Bonchev–Trinajstić information content (AvgIpc) is 2.67. The summed E-state index contributed by atoms with van der Waals surface area (Å²) in [6, 6.07) is 5.59. The second kappa shape index (κ2) is 7.14. The number of benzene rings is 1. The van der Waals surface area contributed by atoms with Gasteiger partial charge in [-0.3, -0.25) is 4.79 Å². The molecule has 1 aromatic carbocycles. The van der Waals surface area contributed by atoms with Crippen molar-refractivity contribution in [3.8, 4) is 11.5 Å². The predicted molar refractivity (Wildman–Crippen MR) is 74.9 cm³/mol. The van der Waals surface area contributed by atoms with Gasteiger partial charge in [0.05, 0.1) is 19.8 Å². The Bertz CT molecular complexity index is 461. The number of carbonyl (C=O) groups excluding carboxylic acids is 1. The zero-order valence-electron chi connectivity index (χ0n) is 11.7. The molecule has 1 unspecified atom stereocenters. The Kier molecular flexibility index (Phi) is 5.24. The lowest BCUT2D eigenvalue weighted by Gasteiger charge is -2.19. The van der Waals surface area contributed by atoms with Gasteiger partial charge in [-0.15, -0.1) is 0 Å². The SMILES string of the molecule is COc1ccc2c(c1)C(NC(=O)CCCO)CCCO2. The van der Waals surface area contributed by atoms with E-state index < -0.39 is 0 Å². The smallest absolute Gasteiger partial charge is 0.220 e. The number of aliphatic hydroxyl groups is 1. The third kappa shape index (κ3) is 3.63. The number of fused-ring (bicyclic) bond motifs is 1. The van der Waals surface area contributed by atoms with Crippen LogP contribution in [0.15, 0.2) is 18.2 Å². The van der Waals surface area contributed by atoms with Gasteiger partial charge in [-0.2, -0.15) is 0 Å². The van der Waals surface area contributed by atoms with E-state index in [4.69, 9.17) is 14.6 Å². The van der Waals surface area contributed by atoms with Crippen LogP contribution in [0.1, 0.15) is 37.3 Å². The molecule has 5 nitrogen and oxygen atoms in total. The standard InChI is InChI=1S/C15H21NO4/c1-19-11-6-7-14-12(10-11)13(4-3-9-20-14)16-15(18)5-2-8-17/h6-7,10,13,17H,2-5,8-9H2,1H3,(H,16,18). The molecule has 0 aromatic heterocycles. The van der Waals surface area contributed by atoms with Crippen molar-refractivity contribution in [2.24, 2.45) is 0 Å². The summed E-state index contributed by atoms with van der Waals surface area (Å²) in [4.78, 5) is 11.9. The van der Waals surface area contributed by atoms with Crippen molar-refractivity contribution < 1.29 is 19.4 Å². The first-order chi connectivity index (χ1) is 9.74. The van der Waals surface area contributed by atoms with Gasteiger partial charge in [-0.1, -0.05) is 0 Å². The second-order valence-corrected chi connectivity index (χ2v) is 4.84. The van der Waals surface area contributed by atoms with Crippen LogP contribution in [0.4, 0.5) is 0 Å². The summed E-state index contributed by atoms with van der Waals surface area (Å²) < 4.78 is 10.9. The molecule has 2 rings (SSSR count). The maximum Gasteiger partial charge on any atom is 0.220 e. The maximum atomic E-state index is 11.9. The monoisotopic (exact) mass is 279 g/mol. The Morgan fingerprint density at radius 1 is 1.55 bits per heavy atom. The summed E-state index contributed by atoms with van der Waals surface area (Å²) >= 11 is 0. The maximum absolute atomic E-state index is 11.9. The third-order valence-corrected chi connectivity index (χ3v) is 3.38. The van der Waals surface area contributed by atoms with Crippen LogP contribution < -0.4 is 14.8 Å². The number of hydrogen-bond donors (Lipinski definition) is 2. The Balaban J connectivity index is 2.15. The summed E-state index contributed by atoms with van der Waals surface area (Å²) in [6.07, 6.45) is 2.56. The molecule has 1 aliphatic heterocycles. The number of hydrogen-bond acceptors (Lipinski definition) is 4. The van der Waals surface area contributed by atoms with E-state index >= 15 is 0 Å². The highest BCUT2D eigenvalue weighted by Crippen LogP contribution is 2.34. The van der Waals surface area contributed by atoms with Crippen LogP contribution in [-0.4, -0.2) is 31.3 Å². The fourth-order valence-corrected chi connectivity index (χ4v) is 2.34. The van der Waals surface area contributed by atoms with E-state index in [9.17, 15) is 4.79 Å². The molecule has 1 heterocycles. The van der Waals surface area contributed by atoms with E-state index in [1.807, 2.05) is 18.2 Å². The molecule has 1 amide bonds. The van der Waals surface area contributed by atoms with Crippen molar-refractivity contribution in [1.29, 1.82) is 0 Å². The number of nitrogens with one attached hydrogen (secondary N) is 1. The lowest BCUT2D eigenvalue weighted by Crippen LogP contribution is -2.28. The zero-order valence-corrected chi connectivity index (χ0v) is 11.7. The quantitative estimate of drug-likeness (QED) is 0.862. The number of rotatable bonds is 5. The van der Waals surface area contributed by atoms with Crippen molar-refractivity contribution in [3.05, 3.63) is 23.8 Å². The first-order valence-electron chi connectivity index (χ1n) is 6.95. The van der Waals surface area contributed by atoms with Gasteiger partial charge in [-0.25, -0.2) is 0 Å². The molecular formula is C15H21NO4. The summed E-state index contributed by atoms with van der Waals surface area (Å²) in [5, 5.41) is 11.8. The van der Waals surface area contributed by atoms with E-state index in [-0.39, 0.29) is 18.6 Å². The molecule has 2 N–H and O–H groups in total. The van der Waals surface area contributed by atoms with E-state index in [1.54, 1.807) is 7.11 Å². The molecule has 1 aromatic rings. The van der Waals surface area contributed by atoms with Gasteiger partial charge in [0.2, 0.25) is 5.91 Å². The van der Waals surface area contributed by atoms with Crippen molar-refractivity contribution in [2.75, 3.05) is 20.3 Å². The minimum atomic E-state index is -0.0613. The Hall–Kier alpha value is -1.75. The van der Waals surface area contributed by atoms with Crippen LogP contribution in [0.3, 0.4) is 0 Å². The summed E-state index contributed by atoms with van der Waals surface area (Å²) in [6.45, 7) is 0.688. The largest absolute Gasteiger partial charge is 0.497 e. The van der Waals surface area contributed by atoms with E-state index in [0.29, 0.717) is 19.4 Å². The van der Waals surface area contributed by atoms with Crippen LogP contribution in [0.5, 0.6) is 11.5 Å². The summed E-state index contributed by atoms with van der Waals surface area (Å²) in [7, 11) is 1.62. The average molecular weight is 279 g/mol. The number of aliphatic hydroxyl groups excluding tert-OH is 1. The van der Waals surface area contributed by atoms with Crippen molar-refractivity contribution in [3.63, 3.8) is 0 Å². The highest BCUT2D eigenvalue weighted by Gasteiger charge is 2.22. The third-order valence-electron chi connectivity index (χ3n) is 3.38. The molecule has 0 bridgehead atoms. The Labute approximate surface area is 118 Å². The molecule has 0 saturated heterocycles. The van der Waals surface area contributed by atoms with Gasteiger partial charge in [0.25, 0.3) is 0 Å². The van der Waals surface area contributed by atoms with Gasteiger partial charge in [0.1, 0.15) is 11.5 Å². The molecule has 0 fully saturated rings. The minimum Gasteiger partial charge on any atom is -0.497 e. The molecule has 0 saturated carbocycles. The molecule has 0 radical (unpaired) electrons. The summed E-state index contributed by atoms with van der Waals surface area (Å²) in [5.74, 6) is 1.51. The zero-order chi connectivity index (χ0) is 14.4. The fraction of sp³-hybridized carbons (Fsp3) is 0.533. The molecule has 1 aliphatic rings. The second-order valence-electron chi connectivity index (χ2n) is 4.84. The van der Waals surface area contributed by atoms with Gasteiger partial charge in [-0.05, 0) is 37.5 Å². The molecule has 110 valence electrons. The predicted octanol–water partition coefficient (Wildman–Crippen LogP) is 1.80. The molecule has 0 spiro atoms. The highest BCUT2D eigenvalue weighted by atomic mass is 16.5. The lowest BCUT2D eigenvalue weighted by molar-refractivity contribution is -0.122. The van der Waals surface area contributed by atoms with Crippen molar-refractivity contribution in [2.45, 2.75) is 31.7 Å². The highest BCUT2D eigenvalue weighted by molar-refractivity contribution is 5.76. The molecule has 5 heteroatoms. The van der Waals surface area contributed by atoms with Crippen LogP contribution in [0.2, 0.25) is 0 Å². The van der Waals surface area contributed by atoms with E-state index in [1.165, 1.54) is 0 Å². The Morgan fingerprint density at radius 2 is 2.40 bits per heavy atom. The van der Waals surface area contributed by atoms with Gasteiger partial charge in [0, 0.05) is 18.6 Å². The lowest BCUT2D eigenvalue weighted by atomic mass is 10.0. The number of methoxy groups -OCH3 is 1. The first kappa shape index (κ1) is 14.7. The van der Waals surface area contributed by atoms with Gasteiger partial charge < -0.3 is 19.9 Å². The van der Waals surface area contributed by atoms with E-state index in [2.05, 4.69) is 5.32 Å². The Morgan fingerprint density at radius 3 is 3.15 bits per heavy atom. The number of amides is 1. The fourth-order valence-electron chi connectivity index (χ4n) is 2.34. The molecule has 20 heavy (non-hydrogen) atoms. The van der Waals surface area contributed by atoms with Crippen LogP contribution in [0, 0.1) is 0 Å². The van der Waals surface area contributed by atoms with Gasteiger partial charge in [0.15, 0.2) is 0 Å². The number of ether oxygens (including phenoxy) is 2.